The monoisotopic (exact) mass is 380 g/mol. The van der Waals surface area contributed by atoms with Gasteiger partial charge in [-0.15, -0.1) is 10.2 Å². The molecule has 0 N–H and O–H groups in total. The Morgan fingerprint density at radius 3 is 2.61 bits per heavy atom. The lowest BCUT2D eigenvalue weighted by Crippen LogP contribution is -2.39. The lowest BCUT2D eigenvalue weighted by Gasteiger charge is -2.32. The number of carbonyl (C=O) groups is 1. The average molecular weight is 380 g/mol. The van der Waals surface area contributed by atoms with Crippen molar-refractivity contribution in [2.45, 2.75) is 25.7 Å². The van der Waals surface area contributed by atoms with Gasteiger partial charge in [-0.1, -0.05) is 6.07 Å². The van der Waals surface area contributed by atoms with E-state index in [9.17, 15) is 4.79 Å². The minimum absolute atomic E-state index is 0.0184. The second-order valence-corrected chi connectivity index (χ2v) is 7.08. The van der Waals surface area contributed by atoms with Crippen molar-refractivity contribution in [1.29, 1.82) is 0 Å². The Morgan fingerprint density at radius 2 is 1.89 bits per heavy atom. The van der Waals surface area contributed by atoms with E-state index in [-0.39, 0.29) is 11.8 Å². The molecule has 0 aliphatic carbocycles. The van der Waals surface area contributed by atoms with Crippen molar-refractivity contribution in [3.05, 3.63) is 53.5 Å². The normalized spacial score (nSPS) is 17.0. The first-order chi connectivity index (χ1) is 13.6. The van der Waals surface area contributed by atoms with Crippen molar-refractivity contribution in [2.24, 2.45) is 0 Å². The number of ether oxygens (including phenoxy) is 2. The van der Waals surface area contributed by atoms with Crippen LogP contribution in [0.2, 0.25) is 0 Å². The number of rotatable bonds is 4. The van der Waals surface area contributed by atoms with Gasteiger partial charge in [-0.05, 0) is 44.0 Å². The molecule has 28 heavy (non-hydrogen) atoms. The molecule has 3 heterocycles. The molecule has 1 saturated heterocycles. The molecule has 146 valence electrons. The van der Waals surface area contributed by atoms with Gasteiger partial charge in [0, 0.05) is 36.3 Å². The number of pyridine rings is 1. The van der Waals surface area contributed by atoms with E-state index in [0.717, 1.165) is 36.4 Å². The van der Waals surface area contributed by atoms with E-state index in [1.54, 1.807) is 26.4 Å². The van der Waals surface area contributed by atoms with Crippen molar-refractivity contribution < 1.29 is 14.3 Å². The van der Waals surface area contributed by atoms with Crippen LogP contribution < -0.4 is 9.47 Å². The number of fused-ring (bicyclic) bond motifs is 1. The van der Waals surface area contributed by atoms with Crippen LogP contribution in [0.1, 0.15) is 40.5 Å². The van der Waals surface area contributed by atoms with Gasteiger partial charge in [-0.3, -0.25) is 9.20 Å². The van der Waals surface area contributed by atoms with Crippen LogP contribution in [0, 0.1) is 6.92 Å². The van der Waals surface area contributed by atoms with Gasteiger partial charge in [0.1, 0.15) is 17.3 Å². The molecule has 0 bridgehead atoms. The number of nitrogens with zero attached hydrogens (tertiary/aromatic N) is 4. The molecule has 1 aliphatic heterocycles. The van der Waals surface area contributed by atoms with Crippen LogP contribution >= 0.6 is 0 Å². The van der Waals surface area contributed by atoms with E-state index in [1.807, 2.05) is 40.6 Å². The third-order valence-electron chi connectivity index (χ3n) is 5.41. The predicted molar refractivity (Wildman–Crippen MR) is 105 cm³/mol. The van der Waals surface area contributed by atoms with Crippen LogP contribution in [-0.2, 0) is 0 Å². The lowest BCUT2D eigenvalue weighted by molar-refractivity contribution is 0.0703. The number of piperidine rings is 1. The molecule has 7 heteroatoms. The molecule has 1 aromatic carbocycles. The highest BCUT2D eigenvalue weighted by molar-refractivity contribution is 5.95. The van der Waals surface area contributed by atoms with Crippen molar-refractivity contribution in [3.8, 4) is 11.5 Å². The highest BCUT2D eigenvalue weighted by Crippen LogP contribution is 2.32. The largest absolute Gasteiger partial charge is 0.496 e. The van der Waals surface area contributed by atoms with Crippen LogP contribution in [-0.4, -0.2) is 52.7 Å². The number of carbonyl (C=O) groups excluding carboxylic acids is 1. The number of methoxy groups -OCH3 is 2. The Hall–Kier alpha value is -3.09. The first-order valence-corrected chi connectivity index (χ1v) is 9.44. The number of aromatic nitrogens is 3. The van der Waals surface area contributed by atoms with Gasteiger partial charge >= 0.3 is 0 Å². The van der Waals surface area contributed by atoms with E-state index in [0.29, 0.717) is 23.6 Å². The molecule has 4 rings (SSSR count). The SMILES string of the molecule is COc1cc(C(=O)N2CCCC(c3nnc4ccccn34)C2)cc(OC)c1C. The summed E-state index contributed by atoms with van der Waals surface area (Å²) in [6.45, 7) is 3.26. The third-order valence-corrected chi connectivity index (χ3v) is 5.41. The number of hydrogen-bond donors (Lipinski definition) is 0. The molecule has 2 aromatic heterocycles. The summed E-state index contributed by atoms with van der Waals surface area (Å²) in [5.74, 6) is 2.35. The van der Waals surface area contributed by atoms with E-state index in [4.69, 9.17) is 9.47 Å². The Balaban J connectivity index is 1.60. The predicted octanol–water partition coefficient (Wildman–Crippen LogP) is 3.07. The highest BCUT2D eigenvalue weighted by Gasteiger charge is 2.29. The summed E-state index contributed by atoms with van der Waals surface area (Å²) < 4.78 is 12.9. The van der Waals surface area contributed by atoms with E-state index < -0.39 is 0 Å². The summed E-state index contributed by atoms with van der Waals surface area (Å²) in [5.41, 5.74) is 2.29. The standard InChI is InChI=1S/C21H24N4O3/c1-14-17(27-2)11-16(12-18(14)28-3)21(26)24-9-6-7-15(13-24)20-23-22-19-8-4-5-10-25(19)20/h4-5,8,10-12,15H,6-7,9,13H2,1-3H3. The Bertz CT molecular complexity index is 989. The van der Waals surface area contributed by atoms with Crippen molar-refractivity contribution in [2.75, 3.05) is 27.3 Å². The Labute approximate surface area is 163 Å². The highest BCUT2D eigenvalue weighted by atomic mass is 16.5. The minimum Gasteiger partial charge on any atom is -0.496 e. The number of amides is 1. The van der Waals surface area contributed by atoms with Crippen LogP contribution in [0.15, 0.2) is 36.5 Å². The maximum absolute atomic E-state index is 13.2. The molecule has 1 unspecified atom stereocenters. The van der Waals surface area contributed by atoms with Crippen LogP contribution in [0.5, 0.6) is 11.5 Å². The van der Waals surface area contributed by atoms with Gasteiger partial charge in [0.25, 0.3) is 5.91 Å². The molecular formula is C21H24N4O3. The molecule has 0 spiro atoms. The van der Waals surface area contributed by atoms with Gasteiger partial charge in [-0.2, -0.15) is 0 Å². The van der Waals surface area contributed by atoms with Crippen molar-refractivity contribution >= 4 is 11.6 Å². The van der Waals surface area contributed by atoms with Gasteiger partial charge in [0.15, 0.2) is 5.65 Å². The Morgan fingerprint density at radius 1 is 1.14 bits per heavy atom. The zero-order chi connectivity index (χ0) is 19.7. The van der Waals surface area contributed by atoms with E-state index in [1.165, 1.54) is 0 Å². The minimum atomic E-state index is -0.0184. The van der Waals surface area contributed by atoms with Crippen LogP contribution in [0.25, 0.3) is 5.65 Å². The molecular weight excluding hydrogens is 356 g/mol. The molecule has 3 aromatic rings. The van der Waals surface area contributed by atoms with Crippen LogP contribution in [0.4, 0.5) is 0 Å². The lowest BCUT2D eigenvalue weighted by atomic mass is 9.96. The first kappa shape index (κ1) is 18.3. The van der Waals surface area contributed by atoms with Crippen molar-refractivity contribution in [1.82, 2.24) is 19.5 Å². The van der Waals surface area contributed by atoms with Gasteiger partial charge in [0.2, 0.25) is 0 Å². The maximum atomic E-state index is 13.2. The summed E-state index contributed by atoms with van der Waals surface area (Å²) in [6.07, 6.45) is 3.89. The third kappa shape index (κ3) is 3.17. The smallest absolute Gasteiger partial charge is 0.254 e. The summed E-state index contributed by atoms with van der Waals surface area (Å²) in [5, 5.41) is 8.64. The molecule has 0 saturated carbocycles. The summed E-state index contributed by atoms with van der Waals surface area (Å²) in [7, 11) is 3.20. The summed E-state index contributed by atoms with van der Waals surface area (Å²) in [4.78, 5) is 15.1. The zero-order valence-electron chi connectivity index (χ0n) is 16.4. The van der Waals surface area contributed by atoms with Gasteiger partial charge < -0.3 is 14.4 Å². The fraction of sp³-hybridized carbons (Fsp3) is 0.381. The molecule has 0 radical (unpaired) electrons. The number of hydrogen-bond acceptors (Lipinski definition) is 5. The molecule has 7 nitrogen and oxygen atoms in total. The van der Waals surface area contributed by atoms with Crippen LogP contribution in [0.3, 0.4) is 0 Å². The molecule has 1 aliphatic rings. The van der Waals surface area contributed by atoms with E-state index in [2.05, 4.69) is 10.2 Å². The average Bonchev–Trinajstić information content (AvgIpc) is 3.17. The fourth-order valence-electron chi connectivity index (χ4n) is 3.90. The molecule has 1 amide bonds. The topological polar surface area (TPSA) is 69.0 Å². The quantitative estimate of drug-likeness (QED) is 0.696. The second kappa shape index (κ2) is 7.50. The summed E-state index contributed by atoms with van der Waals surface area (Å²) >= 11 is 0. The molecule has 1 atom stereocenters. The number of benzene rings is 1. The van der Waals surface area contributed by atoms with E-state index >= 15 is 0 Å². The number of likely N-dealkylation sites (tertiary alicyclic amines) is 1. The summed E-state index contributed by atoms with van der Waals surface area (Å²) in [6, 6.07) is 9.43. The second-order valence-electron chi connectivity index (χ2n) is 7.08. The Kier molecular flexibility index (Phi) is 4.90. The zero-order valence-corrected chi connectivity index (χ0v) is 16.4. The maximum Gasteiger partial charge on any atom is 0.254 e. The van der Waals surface area contributed by atoms with Gasteiger partial charge in [0.05, 0.1) is 14.2 Å². The van der Waals surface area contributed by atoms with Crippen molar-refractivity contribution in [3.63, 3.8) is 0 Å². The fourth-order valence-corrected chi connectivity index (χ4v) is 3.90. The first-order valence-electron chi connectivity index (χ1n) is 9.44. The van der Waals surface area contributed by atoms with Gasteiger partial charge in [-0.25, -0.2) is 0 Å². The molecule has 1 fully saturated rings.